The number of nitrogens with zero attached hydrogens (tertiary/aromatic N) is 4. The molecule has 0 saturated carbocycles. The number of aryl methyl sites for hydroxylation is 2. The van der Waals surface area contributed by atoms with Gasteiger partial charge in [0, 0.05) is 17.1 Å². The summed E-state index contributed by atoms with van der Waals surface area (Å²) >= 11 is 1.34. The fourth-order valence-corrected chi connectivity index (χ4v) is 3.59. The number of fused-ring (bicyclic) bond motifs is 1. The van der Waals surface area contributed by atoms with Gasteiger partial charge in [0.25, 0.3) is 5.78 Å². The number of anilines is 1. The standard InChI is InChI=1S/C20H25N5OS/c1-11(2)16-9-7-8-10-17(16)22-18(26)15(6)27-20-23-19-21-13(4)12(3)14(5)25(19)24-20/h7-11,15H,1-6H3,(H,22,26)/t15-/m1/s1. The van der Waals surface area contributed by atoms with Crippen molar-refractivity contribution in [1.29, 1.82) is 0 Å². The van der Waals surface area contributed by atoms with E-state index < -0.39 is 0 Å². The molecule has 6 nitrogen and oxygen atoms in total. The molecule has 142 valence electrons. The molecule has 0 aliphatic rings. The SMILES string of the molecule is Cc1nc2nc(S[C@H](C)C(=O)Nc3ccccc3C(C)C)nn2c(C)c1C. The second kappa shape index (κ2) is 7.68. The highest BCUT2D eigenvalue weighted by Gasteiger charge is 2.20. The van der Waals surface area contributed by atoms with Gasteiger partial charge in [-0.3, -0.25) is 4.79 Å². The van der Waals surface area contributed by atoms with Gasteiger partial charge in [-0.2, -0.15) is 4.98 Å². The molecule has 0 saturated heterocycles. The first-order valence-corrected chi connectivity index (χ1v) is 9.93. The predicted octanol–water partition coefficient (Wildman–Crippen LogP) is 4.29. The fourth-order valence-electron chi connectivity index (χ4n) is 2.85. The van der Waals surface area contributed by atoms with Crippen LogP contribution in [0.2, 0.25) is 0 Å². The molecule has 27 heavy (non-hydrogen) atoms. The van der Waals surface area contributed by atoms with Gasteiger partial charge in [0.15, 0.2) is 0 Å². The molecule has 3 aromatic rings. The van der Waals surface area contributed by atoms with Crippen molar-refractivity contribution in [2.24, 2.45) is 0 Å². The van der Waals surface area contributed by atoms with Gasteiger partial charge in [-0.05, 0) is 50.8 Å². The number of nitrogens with one attached hydrogen (secondary N) is 1. The molecule has 0 spiro atoms. The van der Waals surface area contributed by atoms with E-state index in [9.17, 15) is 4.79 Å². The Kier molecular flexibility index (Phi) is 5.51. The lowest BCUT2D eigenvalue weighted by Crippen LogP contribution is -2.23. The number of aromatic nitrogens is 4. The molecule has 0 bridgehead atoms. The van der Waals surface area contributed by atoms with E-state index in [4.69, 9.17) is 0 Å². The monoisotopic (exact) mass is 383 g/mol. The fraction of sp³-hybridized carbons (Fsp3) is 0.400. The van der Waals surface area contributed by atoms with Gasteiger partial charge in [-0.1, -0.05) is 43.8 Å². The lowest BCUT2D eigenvalue weighted by atomic mass is 10.0. The van der Waals surface area contributed by atoms with Gasteiger partial charge < -0.3 is 5.32 Å². The highest BCUT2D eigenvalue weighted by molar-refractivity contribution is 8.00. The van der Waals surface area contributed by atoms with E-state index in [0.717, 1.165) is 28.2 Å². The number of hydrogen-bond acceptors (Lipinski definition) is 5. The van der Waals surface area contributed by atoms with Crippen LogP contribution < -0.4 is 5.32 Å². The molecular formula is C20H25N5OS. The number of benzene rings is 1. The highest BCUT2D eigenvalue weighted by Crippen LogP contribution is 2.26. The van der Waals surface area contributed by atoms with Crippen molar-refractivity contribution in [3.8, 4) is 0 Å². The molecule has 0 aliphatic carbocycles. The maximum Gasteiger partial charge on any atom is 0.253 e. The molecule has 0 unspecified atom stereocenters. The smallest absolute Gasteiger partial charge is 0.253 e. The van der Waals surface area contributed by atoms with E-state index in [1.165, 1.54) is 11.8 Å². The van der Waals surface area contributed by atoms with Crippen LogP contribution >= 0.6 is 11.8 Å². The van der Waals surface area contributed by atoms with Gasteiger partial charge in [-0.15, -0.1) is 5.10 Å². The Morgan fingerprint density at radius 2 is 1.81 bits per heavy atom. The van der Waals surface area contributed by atoms with Crippen LogP contribution in [-0.2, 0) is 4.79 Å². The van der Waals surface area contributed by atoms with E-state index in [2.05, 4.69) is 34.2 Å². The number of rotatable bonds is 5. The predicted molar refractivity (Wildman–Crippen MR) is 109 cm³/mol. The van der Waals surface area contributed by atoms with Crippen molar-refractivity contribution in [3.05, 3.63) is 46.8 Å². The molecule has 0 fully saturated rings. The Morgan fingerprint density at radius 1 is 1.11 bits per heavy atom. The molecule has 7 heteroatoms. The average molecular weight is 384 g/mol. The summed E-state index contributed by atoms with van der Waals surface area (Å²) in [6, 6.07) is 7.90. The molecule has 2 heterocycles. The van der Waals surface area contributed by atoms with E-state index in [-0.39, 0.29) is 11.2 Å². The van der Waals surface area contributed by atoms with Crippen molar-refractivity contribution in [2.45, 2.75) is 57.9 Å². The molecular weight excluding hydrogens is 358 g/mol. The third-order valence-corrected chi connectivity index (χ3v) is 5.68. The number of para-hydroxylation sites is 1. The summed E-state index contributed by atoms with van der Waals surface area (Å²) in [7, 11) is 0. The second-order valence-electron chi connectivity index (χ2n) is 7.01. The normalized spacial score (nSPS) is 12.6. The average Bonchev–Trinajstić information content (AvgIpc) is 3.02. The summed E-state index contributed by atoms with van der Waals surface area (Å²) in [5.41, 5.74) is 5.04. The van der Waals surface area contributed by atoms with E-state index >= 15 is 0 Å². The Bertz CT molecular complexity index is 995. The number of hydrogen-bond donors (Lipinski definition) is 1. The van der Waals surface area contributed by atoms with Crippen LogP contribution in [0.1, 0.15) is 49.2 Å². The first kappa shape index (κ1) is 19.4. The number of thioether (sulfide) groups is 1. The Balaban J connectivity index is 1.77. The topological polar surface area (TPSA) is 72.2 Å². The summed E-state index contributed by atoms with van der Waals surface area (Å²) in [5.74, 6) is 0.838. The third-order valence-electron chi connectivity index (χ3n) is 4.73. The summed E-state index contributed by atoms with van der Waals surface area (Å²) in [4.78, 5) is 21.6. The van der Waals surface area contributed by atoms with Gasteiger partial charge >= 0.3 is 0 Å². The summed E-state index contributed by atoms with van der Waals surface area (Å²) in [6.07, 6.45) is 0. The van der Waals surface area contributed by atoms with Crippen LogP contribution in [0.25, 0.3) is 5.78 Å². The summed E-state index contributed by atoms with van der Waals surface area (Å²) < 4.78 is 1.74. The van der Waals surface area contributed by atoms with E-state index in [1.807, 2.05) is 52.0 Å². The highest BCUT2D eigenvalue weighted by atomic mass is 32.2. The minimum atomic E-state index is -0.329. The van der Waals surface area contributed by atoms with Crippen LogP contribution in [0.5, 0.6) is 0 Å². The maximum absolute atomic E-state index is 12.7. The quantitative estimate of drug-likeness (QED) is 0.665. The molecule has 2 aromatic heterocycles. The van der Waals surface area contributed by atoms with Crippen molar-refractivity contribution >= 4 is 29.1 Å². The van der Waals surface area contributed by atoms with E-state index in [0.29, 0.717) is 16.9 Å². The Morgan fingerprint density at radius 3 is 2.52 bits per heavy atom. The van der Waals surface area contributed by atoms with E-state index in [1.54, 1.807) is 4.52 Å². The lowest BCUT2D eigenvalue weighted by Gasteiger charge is -2.15. The molecule has 1 amide bonds. The molecule has 1 aromatic carbocycles. The summed E-state index contributed by atoms with van der Waals surface area (Å²) in [6.45, 7) is 12.1. The number of carbonyl (C=O) groups is 1. The minimum Gasteiger partial charge on any atom is -0.325 e. The molecule has 3 rings (SSSR count). The maximum atomic E-state index is 12.7. The number of amides is 1. The zero-order valence-corrected chi connectivity index (χ0v) is 17.4. The van der Waals surface area contributed by atoms with Gasteiger partial charge in [0.05, 0.1) is 5.25 Å². The van der Waals surface area contributed by atoms with Crippen LogP contribution in [0.4, 0.5) is 5.69 Å². The van der Waals surface area contributed by atoms with Crippen molar-refractivity contribution in [2.75, 3.05) is 5.32 Å². The third kappa shape index (κ3) is 3.98. The Labute approximate surface area is 163 Å². The van der Waals surface area contributed by atoms with Crippen LogP contribution in [-0.4, -0.2) is 30.7 Å². The van der Waals surface area contributed by atoms with Gasteiger partial charge in [0.1, 0.15) is 0 Å². The summed E-state index contributed by atoms with van der Waals surface area (Å²) in [5, 5.41) is 7.78. The first-order valence-electron chi connectivity index (χ1n) is 9.05. The molecule has 0 aliphatic heterocycles. The van der Waals surface area contributed by atoms with Crippen molar-refractivity contribution in [1.82, 2.24) is 19.6 Å². The second-order valence-corrected chi connectivity index (χ2v) is 8.31. The largest absolute Gasteiger partial charge is 0.325 e. The molecule has 1 atom stereocenters. The lowest BCUT2D eigenvalue weighted by molar-refractivity contribution is -0.115. The van der Waals surface area contributed by atoms with Crippen molar-refractivity contribution < 1.29 is 4.79 Å². The Hall–Kier alpha value is -2.41. The first-order chi connectivity index (χ1) is 12.8. The van der Waals surface area contributed by atoms with Gasteiger partial charge in [0.2, 0.25) is 11.1 Å². The van der Waals surface area contributed by atoms with Crippen molar-refractivity contribution in [3.63, 3.8) is 0 Å². The van der Waals surface area contributed by atoms with Crippen LogP contribution in [0, 0.1) is 20.8 Å². The number of carbonyl (C=O) groups excluding carboxylic acids is 1. The zero-order valence-electron chi connectivity index (χ0n) is 16.6. The molecule has 0 radical (unpaired) electrons. The van der Waals surface area contributed by atoms with Gasteiger partial charge in [-0.25, -0.2) is 9.50 Å². The molecule has 1 N–H and O–H groups in total. The zero-order chi connectivity index (χ0) is 19.7. The van der Waals surface area contributed by atoms with Crippen LogP contribution in [0.15, 0.2) is 29.4 Å². The van der Waals surface area contributed by atoms with Crippen LogP contribution in [0.3, 0.4) is 0 Å². The minimum absolute atomic E-state index is 0.0657.